The molecular formula is C18H17N3O5. The van der Waals surface area contributed by atoms with Gasteiger partial charge >= 0.3 is 5.97 Å². The van der Waals surface area contributed by atoms with Crippen molar-refractivity contribution in [3.05, 3.63) is 81.5 Å². The van der Waals surface area contributed by atoms with Gasteiger partial charge in [0, 0.05) is 35.2 Å². The first kappa shape index (κ1) is 18.7. The zero-order valence-electron chi connectivity index (χ0n) is 14.2. The average Bonchev–Trinajstić information content (AvgIpc) is 2.60. The molecule has 0 saturated carbocycles. The Morgan fingerprint density at radius 3 is 2.27 bits per heavy atom. The molecule has 26 heavy (non-hydrogen) atoms. The molecule has 2 aromatic rings. The van der Waals surface area contributed by atoms with Crippen molar-refractivity contribution in [2.75, 3.05) is 5.32 Å². The molecule has 0 unspecified atom stereocenters. The van der Waals surface area contributed by atoms with Crippen LogP contribution in [0.5, 0.6) is 0 Å². The van der Waals surface area contributed by atoms with Crippen LogP contribution in [0.25, 0.3) is 0 Å². The van der Waals surface area contributed by atoms with Crippen molar-refractivity contribution in [2.24, 2.45) is 0 Å². The van der Waals surface area contributed by atoms with Crippen LogP contribution in [0.1, 0.15) is 22.8 Å². The van der Waals surface area contributed by atoms with Gasteiger partial charge in [0.15, 0.2) is 0 Å². The lowest BCUT2D eigenvalue weighted by Crippen LogP contribution is -2.26. The molecule has 2 N–H and O–H groups in total. The zero-order valence-corrected chi connectivity index (χ0v) is 14.2. The number of nitrogens with one attached hydrogen (secondary N) is 2. The van der Waals surface area contributed by atoms with Gasteiger partial charge in [-0.1, -0.05) is 17.7 Å². The number of nitro benzene ring substituents is 1. The molecule has 134 valence electrons. The summed E-state index contributed by atoms with van der Waals surface area (Å²) < 4.78 is 0. The number of nitrogens with zero attached hydrogens (tertiary/aromatic N) is 1. The molecule has 0 spiro atoms. The van der Waals surface area contributed by atoms with E-state index < -0.39 is 16.8 Å². The van der Waals surface area contributed by atoms with Crippen LogP contribution in [0.2, 0.25) is 0 Å². The van der Waals surface area contributed by atoms with Gasteiger partial charge in [-0.25, -0.2) is 4.79 Å². The van der Waals surface area contributed by atoms with Gasteiger partial charge in [-0.3, -0.25) is 14.9 Å². The molecule has 0 fully saturated rings. The Bertz CT molecular complexity index is 842. The number of aryl methyl sites for hydroxylation is 1. The molecule has 0 heterocycles. The monoisotopic (exact) mass is 355 g/mol. The lowest BCUT2D eigenvalue weighted by Gasteiger charge is -2.07. The van der Waals surface area contributed by atoms with E-state index in [2.05, 4.69) is 10.8 Å². The van der Waals surface area contributed by atoms with Crippen LogP contribution in [-0.2, 0) is 9.63 Å². The third-order valence-electron chi connectivity index (χ3n) is 3.31. The summed E-state index contributed by atoms with van der Waals surface area (Å²) in [6.07, 6.45) is 1.15. The first-order valence-corrected chi connectivity index (χ1v) is 7.63. The first-order valence-electron chi connectivity index (χ1n) is 7.63. The highest BCUT2D eigenvalue weighted by Crippen LogP contribution is 2.16. The molecule has 0 atom stereocenters. The van der Waals surface area contributed by atoms with Crippen molar-refractivity contribution in [1.82, 2.24) is 5.48 Å². The number of hydrogen-bond acceptors (Lipinski definition) is 6. The molecular weight excluding hydrogens is 338 g/mol. The summed E-state index contributed by atoms with van der Waals surface area (Å²) in [7, 11) is 0. The average molecular weight is 355 g/mol. The summed E-state index contributed by atoms with van der Waals surface area (Å²) in [5, 5.41) is 13.5. The van der Waals surface area contributed by atoms with Crippen LogP contribution in [-0.4, -0.2) is 16.8 Å². The summed E-state index contributed by atoms with van der Waals surface area (Å²) >= 11 is 0. The Balaban J connectivity index is 1.87. The second kappa shape index (κ2) is 8.43. The van der Waals surface area contributed by atoms with Gasteiger partial charge < -0.3 is 10.2 Å². The van der Waals surface area contributed by atoms with E-state index in [9.17, 15) is 19.7 Å². The minimum atomic E-state index is -0.766. The van der Waals surface area contributed by atoms with E-state index in [1.807, 2.05) is 6.92 Å². The lowest BCUT2D eigenvalue weighted by molar-refractivity contribution is -0.384. The van der Waals surface area contributed by atoms with Gasteiger partial charge in [0.2, 0.25) is 0 Å². The molecule has 0 aliphatic carbocycles. The van der Waals surface area contributed by atoms with Gasteiger partial charge in [0.05, 0.1) is 4.92 Å². The normalized spacial score (nSPS) is 10.8. The maximum Gasteiger partial charge on any atom is 0.357 e. The number of carbonyl (C=O) groups is 2. The van der Waals surface area contributed by atoms with Gasteiger partial charge in [-0.2, -0.15) is 5.48 Å². The predicted octanol–water partition coefficient (Wildman–Crippen LogP) is 3.11. The maximum atomic E-state index is 11.8. The van der Waals surface area contributed by atoms with E-state index in [0.29, 0.717) is 16.9 Å². The lowest BCUT2D eigenvalue weighted by atomic mass is 10.1. The first-order chi connectivity index (χ1) is 12.3. The molecule has 0 aromatic heterocycles. The Hall–Kier alpha value is -3.68. The zero-order chi connectivity index (χ0) is 19.1. The number of anilines is 1. The Morgan fingerprint density at radius 2 is 1.69 bits per heavy atom. The fourth-order valence-corrected chi connectivity index (χ4v) is 2.00. The molecule has 0 aliphatic rings. The highest BCUT2D eigenvalue weighted by atomic mass is 16.7. The van der Waals surface area contributed by atoms with E-state index in [-0.39, 0.29) is 5.69 Å². The molecule has 0 saturated heterocycles. The second-order valence-corrected chi connectivity index (χ2v) is 5.47. The van der Waals surface area contributed by atoms with Crippen molar-refractivity contribution in [1.29, 1.82) is 0 Å². The Labute approximate surface area is 149 Å². The van der Waals surface area contributed by atoms with Crippen LogP contribution < -0.4 is 10.8 Å². The maximum absolute atomic E-state index is 11.8. The van der Waals surface area contributed by atoms with Crippen LogP contribution in [0.3, 0.4) is 0 Å². The number of nitro groups is 1. The fourth-order valence-electron chi connectivity index (χ4n) is 2.00. The number of amides is 1. The van der Waals surface area contributed by atoms with Crippen molar-refractivity contribution in [2.45, 2.75) is 13.8 Å². The highest BCUT2D eigenvalue weighted by molar-refractivity contribution is 5.94. The largest absolute Gasteiger partial charge is 0.359 e. The van der Waals surface area contributed by atoms with Crippen LogP contribution in [0.4, 0.5) is 11.4 Å². The summed E-state index contributed by atoms with van der Waals surface area (Å²) in [5.74, 6) is -1.30. The van der Waals surface area contributed by atoms with Crippen molar-refractivity contribution in [3.63, 3.8) is 0 Å². The highest BCUT2D eigenvalue weighted by Gasteiger charge is 2.08. The van der Waals surface area contributed by atoms with Gasteiger partial charge in [0.1, 0.15) is 0 Å². The van der Waals surface area contributed by atoms with E-state index in [4.69, 9.17) is 4.84 Å². The molecule has 0 aliphatic heterocycles. The minimum Gasteiger partial charge on any atom is -0.359 e. The third-order valence-corrected chi connectivity index (χ3v) is 3.31. The van der Waals surface area contributed by atoms with Crippen molar-refractivity contribution < 1.29 is 19.3 Å². The summed E-state index contributed by atoms with van der Waals surface area (Å²) in [4.78, 5) is 38.4. The van der Waals surface area contributed by atoms with E-state index in [1.165, 1.54) is 24.3 Å². The van der Waals surface area contributed by atoms with E-state index in [0.717, 1.165) is 11.6 Å². The minimum absolute atomic E-state index is 0.0320. The fraction of sp³-hybridized carbons (Fsp3) is 0.111. The molecule has 0 bridgehead atoms. The van der Waals surface area contributed by atoms with Crippen molar-refractivity contribution in [3.8, 4) is 0 Å². The quantitative estimate of drug-likeness (QED) is 0.484. The molecule has 2 aromatic carbocycles. The number of hydroxylamine groups is 1. The summed E-state index contributed by atoms with van der Waals surface area (Å²) in [5.41, 5.74) is 4.43. The number of non-ortho nitro benzene ring substituents is 1. The molecule has 0 radical (unpaired) electrons. The second-order valence-electron chi connectivity index (χ2n) is 5.47. The Kier molecular flexibility index (Phi) is 6.05. The van der Waals surface area contributed by atoms with Gasteiger partial charge in [-0.15, -0.1) is 0 Å². The standard InChI is InChI=1S/C18H17N3O5/c1-12-3-5-14(6-4-12)18(23)20-26-17(22)11-13(2)19-15-7-9-16(10-8-15)21(24)25/h3-11,19H,1-2H3,(H,20,23). The third kappa shape index (κ3) is 5.45. The van der Waals surface area contributed by atoms with Crippen LogP contribution in [0.15, 0.2) is 60.3 Å². The summed E-state index contributed by atoms with van der Waals surface area (Å²) in [6, 6.07) is 12.5. The number of rotatable bonds is 5. The number of hydrogen-bond donors (Lipinski definition) is 2. The van der Waals surface area contributed by atoms with E-state index >= 15 is 0 Å². The topological polar surface area (TPSA) is 111 Å². The smallest absolute Gasteiger partial charge is 0.357 e. The summed E-state index contributed by atoms with van der Waals surface area (Å²) in [6.45, 7) is 3.51. The Morgan fingerprint density at radius 1 is 1.08 bits per heavy atom. The SMILES string of the molecule is CC(=CC(=O)ONC(=O)c1ccc(C)cc1)Nc1ccc([N+](=O)[O-])cc1. The van der Waals surface area contributed by atoms with Crippen molar-refractivity contribution >= 4 is 23.3 Å². The number of allylic oxidation sites excluding steroid dienone is 1. The molecule has 2 rings (SSSR count). The number of carbonyl (C=O) groups excluding carboxylic acids is 2. The molecule has 8 nitrogen and oxygen atoms in total. The number of benzene rings is 2. The van der Waals surface area contributed by atoms with Gasteiger partial charge in [0.25, 0.3) is 11.6 Å². The van der Waals surface area contributed by atoms with Crippen LogP contribution >= 0.6 is 0 Å². The van der Waals surface area contributed by atoms with Crippen LogP contribution in [0, 0.1) is 17.0 Å². The molecule has 1 amide bonds. The van der Waals surface area contributed by atoms with E-state index in [1.54, 1.807) is 31.2 Å². The van der Waals surface area contributed by atoms with Gasteiger partial charge in [-0.05, 0) is 38.1 Å². The predicted molar refractivity (Wildman–Crippen MR) is 95.2 cm³/mol. The molecule has 8 heteroatoms.